The van der Waals surface area contributed by atoms with E-state index in [1.807, 2.05) is 6.92 Å². The summed E-state index contributed by atoms with van der Waals surface area (Å²) in [5, 5.41) is 0. The fourth-order valence-corrected chi connectivity index (χ4v) is 3.55. The summed E-state index contributed by atoms with van der Waals surface area (Å²) < 4.78 is 5.52. The Bertz CT molecular complexity index is 657. The lowest BCUT2D eigenvalue weighted by atomic mass is 10.1. The van der Waals surface area contributed by atoms with Gasteiger partial charge in [-0.05, 0) is 13.3 Å². The minimum absolute atomic E-state index is 0.0517. The zero-order valence-electron chi connectivity index (χ0n) is 11.4. The van der Waals surface area contributed by atoms with E-state index in [0.29, 0.717) is 27.5 Å². The van der Waals surface area contributed by atoms with Crippen LogP contribution in [0, 0.1) is 0 Å². The largest absolute Gasteiger partial charge is 0.396 e. The fraction of sp³-hybridized carbons (Fsp3) is 0.462. The zero-order chi connectivity index (χ0) is 14.3. The number of carbonyl (C=O) groups is 1. The van der Waals surface area contributed by atoms with Gasteiger partial charge in [-0.15, -0.1) is 11.3 Å². The molecule has 3 rings (SSSR count). The Morgan fingerprint density at radius 3 is 2.90 bits per heavy atom. The van der Waals surface area contributed by atoms with Gasteiger partial charge in [0.05, 0.1) is 17.8 Å². The van der Waals surface area contributed by atoms with Crippen molar-refractivity contribution in [3.8, 4) is 0 Å². The number of nitrogens with two attached hydrogens (primary N) is 1. The number of fused-ring (bicyclic) bond motifs is 1. The number of anilines is 1. The van der Waals surface area contributed by atoms with E-state index < -0.39 is 0 Å². The molecule has 0 saturated carbocycles. The van der Waals surface area contributed by atoms with E-state index >= 15 is 0 Å². The molecule has 2 N–H and O–H groups in total. The van der Waals surface area contributed by atoms with Crippen LogP contribution in [0.2, 0.25) is 0 Å². The molecule has 106 valence electrons. The number of hydrogen-bond donors (Lipinski definition) is 1. The molecule has 2 aromatic heterocycles. The molecule has 1 amide bonds. The molecule has 7 heteroatoms. The first kappa shape index (κ1) is 13.3. The Morgan fingerprint density at radius 1 is 1.50 bits per heavy atom. The summed E-state index contributed by atoms with van der Waals surface area (Å²) in [5.41, 5.74) is 7.06. The number of nitrogen functional groups attached to an aromatic ring is 1. The molecule has 1 fully saturated rings. The molecule has 1 aliphatic rings. The minimum Gasteiger partial charge on any atom is -0.396 e. The summed E-state index contributed by atoms with van der Waals surface area (Å²) in [7, 11) is 1.79. The summed E-state index contributed by atoms with van der Waals surface area (Å²) >= 11 is 1.29. The van der Waals surface area contributed by atoms with Crippen LogP contribution in [0.1, 0.15) is 23.0 Å². The lowest BCUT2D eigenvalue weighted by Gasteiger charge is -2.26. The topological polar surface area (TPSA) is 81.3 Å². The molecule has 0 radical (unpaired) electrons. The molecule has 3 heterocycles. The smallest absolute Gasteiger partial charge is 0.266 e. The van der Waals surface area contributed by atoms with Crippen molar-refractivity contribution in [2.75, 3.05) is 19.4 Å². The highest BCUT2D eigenvalue weighted by molar-refractivity contribution is 7.21. The molecule has 0 bridgehead atoms. The van der Waals surface area contributed by atoms with Crippen LogP contribution in [-0.2, 0) is 4.74 Å². The number of nitrogens with zero attached hydrogens (tertiary/aromatic N) is 3. The van der Waals surface area contributed by atoms with Gasteiger partial charge in [-0.2, -0.15) is 0 Å². The summed E-state index contributed by atoms with van der Waals surface area (Å²) in [4.78, 5) is 23.9. The van der Waals surface area contributed by atoms with E-state index in [0.717, 1.165) is 6.42 Å². The molecule has 1 saturated heterocycles. The van der Waals surface area contributed by atoms with Gasteiger partial charge in [-0.3, -0.25) is 4.79 Å². The molecule has 0 aromatic carbocycles. The van der Waals surface area contributed by atoms with Gasteiger partial charge in [-0.25, -0.2) is 9.97 Å². The number of ether oxygens (including phenoxy) is 1. The first-order valence-electron chi connectivity index (χ1n) is 6.47. The van der Waals surface area contributed by atoms with Crippen LogP contribution in [0.15, 0.2) is 12.4 Å². The van der Waals surface area contributed by atoms with Gasteiger partial charge in [0.2, 0.25) is 0 Å². The van der Waals surface area contributed by atoms with Crippen molar-refractivity contribution in [3.63, 3.8) is 0 Å². The first-order valence-corrected chi connectivity index (χ1v) is 7.29. The number of aromatic nitrogens is 2. The van der Waals surface area contributed by atoms with Gasteiger partial charge in [0, 0.05) is 26.0 Å². The molecule has 0 spiro atoms. The molecule has 2 unspecified atom stereocenters. The molecule has 2 aromatic rings. The van der Waals surface area contributed by atoms with Crippen molar-refractivity contribution in [1.29, 1.82) is 0 Å². The quantitative estimate of drug-likeness (QED) is 0.907. The maximum Gasteiger partial charge on any atom is 0.266 e. The second-order valence-corrected chi connectivity index (χ2v) is 5.90. The maximum atomic E-state index is 12.6. The van der Waals surface area contributed by atoms with E-state index in [2.05, 4.69) is 9.97 Å². The van der Waals surface area contributed by atoms with E-state index in [4.69, 9.17) is 10.5 Å². The predicted octanol–water partition coefficient (Wildman–Crippen LogP) is 1.52. The minimum atomic E-state index is -0.0883. The third-order valence-electron chi connectivity index (χ3n) is 3.71. The number of rotatable bonds is 2. The summed E-state index contributed by atoms with van der Waals surface area (Å²) in [5.74, 6) is -0.0883. The molecule has 20 heavy (non-hydrogen) atoms. The molecular weight excluding hydrogens is 276 g/mol. The van der Waals surface area contributed by atoms with Crippen LogP contribution in [0.25, 0.3) is 10.3 Å². The van der Waals surface area contributed by atoms with Gasteiger partial charge >= 0.3 is 0 Å². The molecule has 1 aliphatic heterocycles. The van der Waals surface area contributed by atoms with Crippen molar-refractivity contribution < 1.29 is 9.53 Å². The van der Waals surface area contributed by atoms with Crippen LogP contribution in [0.4, 0.5) is 5.69 Å². The van der Waals surface area contributed by atoms with Gasteiger partial charge < -0.3 is 15.4 Å². The average Bonchev–Trinajstić information content (AvgIpc) is 3.02. The number of likely N-dealkylation sites (N-methyl/N-ethyl adjacent to an activating group) is 1. The van der Waals surface area contributed by atoms with Crippen LogP contribution >= 0.6 is 11.3 Å². The van der Waals surface area contributed by atoms with Gasteiger partial charge in [0.25, 0.3) is 5.91 Å². The Morgan fingerprint density at radius 2 is 2.25 bits per heavy atom. The zero-order valence-corrected chi connectivity index (χ0v) is 12.2. The highest BCUT2D eigenvalue weighted by Gasteiger charge is 2.32. The normalized spacial score (nSPS) is 22.3. The molecule has 2 atom stereocenters. The van der Waals surface area contributed by atoms with Crippen molar-refractivity contribution in [2.45, 2.75) is 25.5 Å². The maximum absolute atomic E-state index is 12.6. The Balaban J connectivity index is 1.94. The lowest BCUT2D eigenvalue weighted by Crippen LogP contribution is -2.40. The van der Waals surface area contributed by atoms with Crippen LogP contribution in [-0.4, -0.2) is 46.6 Å². The SMILES string of the molecule is CC1OCCC1N(C)C(=O)c1sc2nccnc2c1N. The van der Waals surface area contributed by atoms with Crippen molar-refractivity contribution in [2.24, 2.45) is 0 Å². The molecule has 0 aliphatic carbocycles. The van der Waals surface area contributed by atoms with E-state index in [-0.39, 0.29) is 18.1 Å². The highest BCUT2D eigenvalue weighted by Crippen LogP contribution is 2.32. The van der Waals surface area contributed by atoms with Crippen molar-refractivity contribution >= 4 is 33.3 Å². The van der Waals surface area contributed by atoms with Crippen molar-refractivity contribution in [1.82, 2.24) is 14.9 Å². The average molecular weight is 292 g/mol. The number of hydrogen-bond acceptors (Lipinski definition) is 6. The summed E-state index contributed by atoms with van der Waals surface area (Å²) in [6.45, 7) is 2.67. The van der Waals surface area contributed by atoms with E-state index in [1.165, 1.54) is 11.3 Å². The second kappa shape index (κ2) is 4.99. The van der Waals surface area contributed by atoms with Gasteiger partial charge in [-0.1, -0.05) is 0 Å². The molecular formula is C13H16N4O2S. The van der Waals surface area contributed by atoms with Crippen LogP contribution < -0.4 is 5.73 Å². The lowest BCUT2D eigenvalue weighted by molar-refractivity contribution is 0.0579. The predicted molar refractivity (Wildman–Crippen MR) is 77.7 cm³/mol. The monoisotopic (exact) mass is 292 g/mol. The fourth-order valence-electron chi connectivity index (χ4n) is 2.54. The van der Waals surface area contributed by atoms with Crippen LogP contribution in [0.5, 0.6) is 0 Å². The molecule has 6 nitrogen and oxygen atoms in total. The van der Waals surface area contributed by atoms with Gasteiger partial charge in [0.15, 0.2) is 0 Å². The Kier molecular flexibility index (Phi) is 3.31. The Hall–Kier alpha value is -1.73. The second-order valence-electron chi connectivity index (χ2n) is 4.90. The number of thiophene rings is 1. The third-order valence-corrected chi connectivity index (χ3v) is 4.80. The van der Waals surface area contributed by atoms with E-state index in [1.54, 1.807) is 24.3 Å². The summed E-state index contributed by atoms with van der Waals surface area (Å²) in [6, 6.07) is 0.0908. The number of carbonyl (C=O) groups excluding carboxylic acids is 1. The first-order chi connectivity index (χ1) is 9.59. The summed E-state index contributed by atoms with van der Waals surface area (Å²) in [6.07, 6.45) is 4.08. The van der Waals surface area contributed by atoms with Crippen molar-refractivity contribution in [3.05, 3.63) is 17.3 Å². The third kappa shape index (κ3) is 2.03. The van der Waals surface area contributed by atoms with E-state index in [9.17, 15) is 4.79 Å². The number of amides is 1. The standard InChI is InChI=1S/C13H16N4O2S/c1-7-8(3-6-19-7)17(2)13(18)11-9(14)10-12(20-11)16-5-4-15-10/h4-5,7-8H,3,6,14H2,1-2H3. The Labute approximate surface area is 120 Å². The van der Waals surface area contributed by atoms with Crippen LogP contribution in [0.3, 0.4) is 0 Å². The highest BCUT2D eigenvalue weighted by atomic mass is 32.1. The van der Waals surface area contributed by atoms with Gasteiger partial charge in [0.1, 0.15) is 15.2 Å².